The smallest absolute Gasteiger partial charge is 0.228 e. The number of benzene rings is 1. The van der Waals surface area contributed by atoms with Gasteiger partial charge in [-0.05, 0) is 38.3 Å². The van der Waals surface area contributed by atoms with Crippen LogP contribution in [0.5, 0.6) is 0 Å². The van der Waals surface area contributed by atoms with Gasteiger partial charge in [-0.3, -0.25) is 14.4 Å². The Bertz CT molecular complexity index is 708. The molecule has 0 saturated carbocycles. The van der Waals surface area contributed by atoms with Gasteiger partial charge in [0.2, 0.25) is 17.7 Å². The Morgan fingerprint density at radius 2 is 1.79 bits per heavy atom. The summed E-state index contributed by atoms with van der Waals surface area (Å²) in [4.78, 5) is 41.1. The lowest BCUT2D eigenvalue weighted by Gasteiger charge is -2.33. The molecule has 3 rings (SSSR count). The maximum absolute atomic E-state index is 12.9. The van der Waals surface area contributed by atoms with Gasteiger partial charge in [-0.2, -0.15) is 0 Å². The lowest BCUT2D eigenvalue weighted by molar-refractivity contribution is -0.139. The second-order valence-electron chi connectivity index (χ2n) is 7.99. The van der Waals surface area contributed by atoms with Crippen molar-refractivity contribution in [1.29, 1.82) is 0 Å². The zero-order valence-corrected chi connectivity index (χ0v) is 16.9. The number of hydrogen-bond donors (Lipinski definition) is 1. The number of nitrogens with one attached hydrogen (secondary N) is 1. The summed E-state index contributed by atoms with van der Waals surface area (Å²) >= 11 is 0. The SMILES string of the molecule is CCCCNC(=O)C1CCN(C(=O)[C@H]2CC(=O)N(c3ccc(C)cc3)C2)CC1. The van der Waals surface area contributed by atoms with Crippen molar-refractivity contribution in [3.05, 3.63) is 29.8 Å². The van der Waals surface area contributed by atoms with Gasteiger partial charge in [0.25, 0.3) is 0 Å². The summed E-state index contributed by atoms with van der Waals surface area (Å²) in [6.07, 6.45) is 3.73. The number of hydrogen-bond acceptors (Lipinski definition) is 3. The van der Waals surface area contributed by atoms with Gasteiger partial charge in [0.05, 0.1) is 5.92 Å². The van der Waals surface area contributed by atoms with E-state index in [0.717, 1.165) is 30.6 Å². The minimum absolute atomic E-state index is 0.00447. The summed E-state index contributed by atoms with van der Waals surface area (Å²) in [5.74, 6) is -0.124. The number of carbonyl (C=O) groups excluding carboxylic acids is 3. The van der Waals surface area contributed by atoms with E-state index in [9.17, 15) is 14.4 Å². The van der Waals surface area contributed by atoms with Crippen LogP contribution in [0, 0.1) is 18.8 Å². The Hall–Kier alpha value is -2.37. The maximum Gasteiger partial charge on any atom is 0.228 e. The molecule has 6 heteroatoms. The van der Waals surface area contributed by atoms with Crippen LogP contribution in [-0.4, -0.2) is 48.8 Å². The quantitative estimate of drug-likeness (QED) is 0.765. The monoisotopic (exact) mass is 385 g/mol. The molecule has 0 radical (unpaired) electrons. The molecule has 3 amide bonds. The van der Waals surface area contributed by atoms with Crippen molar-refractivity contribution < 1.29 is 14.4 Å². The fourth-order valence-electron chi connectivity index (χ4n) is 4.00. The van der Waals surface area contributed by atoms with Crippen LogP contribution in [-0.2, 0) is 14.4 Å². The first-order valence-corrected chi connectivity index (χ1v) is 10.4. The molecule has 2 fully saturated rings. The van der Waals surface area contributed by atoms with Gasteiger partial charge >= 0.3 is 0 Å². The number of nitrogens with zero attached hydrogens (tertiary/aromatic N) is 2. The topological polar surface area (TPSA) is 69.7 Å². The van der Waals surface area contributed by atoms with Gasteiger partial charge in [-0.25, -0.2) is 0 Å². The molecule has 152 valence electrons. The third-order valence-corrected chi connectivity index (χ3v) is 5.83. The molecule has 0 bridgehead atoms. The lowest BCUT2D eigenvalue weighted by atomic mass is 9.94. The maximum atomic E-state index is 12.9. The average molecular weight is 386 g/mol. The molecule has 1 atom stereocenters. The van der Waals surface area contributed by atoms with E-state index >= 15 is 0 Å². The molecular formula is C22H31N3O3. The van der Waals surface area contributed by atoms with Crippen molar-refractivity contribution in [1.82, 2.24) is 10.2 Å². The van der Waals surface area contributed by atoms with Crippen LogP contribution in [0.4, 0.5) is 5.69 Å². The van der Waals surface area contributed by atoms with E-state index in [1.54, 1.807) is 4.90 Å². The van der Waals surface area contributed by atoms with Gasteiger partial charge in [-0.15, -0.1) is 0 Å². The molecule has 2 aliphatic heterocycles. The predicted octanol–water partition coefficient (Wildman–Crippen LogP) is 2.50. The van der Waals surface area contributed by atoms with Crippen LogP contribution >= 0.6 is 0 Å². The highest BCUT2D eigenvalue weighted by Crippen LogP contribution is 2.28. The summed E-state index contributed by atoms with van der Waals surface area (Å²) in [5.41, 5.74) is 2.00. The van der Waals surface area contributed by atoms with Crippen LogP contribution in [0.1, 0.15) is 44.6 Å². The molecule has 2 heterocycles. The summed E-state index contributed by atoms with van der Waals surface area (Å²) < 4.78 is 0. The van der Waals surface area contributed by atoms with E-state index < -0.39 is 0 Å². The molecule has 0 aromatic heterocycles. The number of anilines is 1. The molecule has 6 nitrogen and oxygen atoms in total. The Kier molecular flexibility index (Phi) is 6.70. The van der Waals surface area contributed by atoms with Crippen molar-refractivity contribution >= 4 is 23.4 Å². The number of amides is 3. The summed E-state index contributed by atoms with van der Waals surface area (Å²) in [6.45, 7) is 6.48. The Morgan fingerprint density at radius 3 is 2.43 bits per heavy atom. The van der Waals surface area contributed by atoms with Gasteiger partial charge < -0.3 is 15.1 Å². The second-order valence-corrected chi connectivity index (χ2v) is 7.99. The van der Waals surface area contributed by atoms with Crippen LogP contribution < -0.4 is 10.2 Å². The van der Waals surface area contributed by atoms with Crippen molar-refractivity contribution in [2.75, 3.05) is 31.1 Å². The normalized spacial score (nSPS) is 20.5. The van der Waals surface area contributed by atoms with Crippen LogP contribution in [0.3, 0.4) is 0 Å². The third kappa shape index (κ3) is 4.72. The van der Waals surface area contributed by atoms with E-state index in [2.05, 4.69) is 12.2 Å². The zero-order valence-electron chi connectivity index (χ0n) is 16.9. The molecule has 2 aliphatic rings. The molecule has 0 unspecified atom stereocenters. The highest BCUT2D eigenvalue weighted by atomic mass is 16.2. The first kappa shape index (κ1) is 20.4. The zero-order chi connectivity index (χ0) is 20.1. The number of aryl methyl sites for hydroxylation is 1. The van der Waals surface area contributed by atoms with Crippen molar-refractivity contribution in [3.63, 3.8) is 0 Å². The minimum Gasteiger partial charge on any atom is -0.356 e. The van der Waals surface area contributed by atoms with Gasteiger partial charge in [0, 0.05) is 44.2 Å². The van der Waals surface area contributed by atoms with Crippen molar-refractivity contribution in [3.8, 4) is 0 Å². The fourth-order valence-corrected chi connectivity index (χ4v) is 4.00. The molecule has 0 aliphatic carbocycles. The minimum atomic E-state index is -0.288. The second kappa shape index (κ2) is 9.22. The van der Waals surface area contributed by atoms with Gasteiger partial charge in [0.1, 0.15) is 0 Å². The van der Waals surface area contributed by atoms with E-state index in [1.165, 1.54) is 0 Å². The number of unbranched alkanes of at least 4 members (excludes halogenated alkanes) is 1. The summed E-state index contributed by atoms with van der Waals surface area (Å²) in [5, 5.41) is 2.99. The van der Waals surface area contributed by atoms with E-state index in [4.69, 9.17) is 0 Å². The number of piperidine rings is 1. The summed E-state index contributed by atoms with van der Waals surface area (Å²) in [7, 11) is 0. The van der Waals surface area contributed by atoms with E-state index in [-0.39, 0.29) is 36.0 Å². The molecule has 1 N–H and O–H groups in total. The lowest BCUT2D eigenvalue weighted by Crippen LogP contribution is -2.45. The fraction of sp³-hybridized carbons (Fsp3) is 0.591. The Labute approximate surface area is 167 Å². The standard InChI is InChI=1S/C22H31N3O3/c1-3-4-11-23-21(27)17-9-12-24(13-10-17)22(28)18-14-20(26)25(15-18)19-7-5-16(2)6-8-19/h5-8,17-18H,3-4,9-15H2,1-2H3,(H,23,27)/t18-/m0/s1. The van der Waals surface area contributed by atoms with Crippen molar-refractivity contribution in [2.24, 2.45) is 11.8 Å². The summed E-state index contributed by atoms with van der Waals surface area (Å²) in [6, 6.07) is 7.83. The Morgan fingerprint density at radius 1 is 1.11 bits per heavy atom. The third-order valence-electron chi connectivity index (χ3n) is 5.83. The molecule has 1 aromatic carbocycles. The predicted molar refractivity (Wildman–Crippen MR) is 109 cm³/mol. The molecule has 0 spiro atoms. The first-order chi connectivity index (χ1) is 13.5. The highest BCUT2D eigenvalue weighted by Gasteiger charge is 2.38. The number of carbonyl (C=O) groups is 3. The van der Waals surface area contributed by atoms with Crippen LogP contribution in [0.2, 0.25) is 0 Å². The van der Waals surface area contributed by atoms with Crippen LogP contribution in [0.25, 0.3) is 0 Å². The number of likely N-dealkylation sites (tertiary alicyclic amines) is 1. The van der Waals surface area contributed by atoms with Gasteiger partial charge in [-0.1, -0.05) is 31.0 Å². The molecule has 2 saturated heterocycles. The molecule has 28 heavy (non-hydrogen) atoms. The average Bonchev–Trinajstić information content (AvgIpc) is 3.10. The highest BCUT2D eigenvalue weighted by molar-refractivity contribution is 6.00. The van der Waals surface area contributed by atoms with Crippen molar-refractivity contribution in [2.45, 2.75) is 46.0 Å². The Balaban J connectivity index is 1.51. The van der Waals surface area contributed by atoms with Crippen LogP contribution in [0.15, 0.2) is 24.3 Å². The van der Waals surface area contributed by atoms with Gasteiger partial charge in [0.15, 0.2) is 0 Å². The number of rotatable bonds is 6. The molecule has 1 aromatic rings. The largest absolute Gasteiger partial charge is 0.356 e. The van der Waals surface area contributed by atoms with E-state index in [1.807, 2.05) is 36.1 Å². The first-order valence-electron chi connectivity index (χ1n) is 10.4. The molecular weight excluding hydrogens is 354 g/mol. The van der Waals surface area contributed by atoms with E-state index in [0.29, 0.717) is 32.5 Å².